The highest BCUT2D eigenvalue weighted by Gasteiger charge is 2.51. The van der Waals surface area contributed by atoms with Gasteiger partial charge in [0.25, 0.3) is 0 Å². The van der Waals surface area contributed by atoms with Crippen molar-refractivity contribution >= 4 is 22.7 Å². The highest BCUT2D eigenvalue weighted by Crippen LogP contribution is 2.48. The number of hydrogen-bond donors (Lipinski definition) is 2. The molecule has 178 valence electrons. The van der Waals surface area contributed by atoms with E-state index in [2.05, 4.69) is 4.74 Å². The summed E-state index contributed by atoms with van der Waals surface area (Å²) >= 11 is 0. The van der Waals surface area contributed by atoms with E-state index in [0.717, 1.165) is 12.3 Å². The normalized spacial score (nSPS) is 24.5. The first-order valence-electron chi connectivity index (χ1n) is 10.6. The summed E-state index contributed by atoms with van der Waals surface area (Å²) in [6.45, 7) is -2.06. The van der Waals surface area contributed by atoms with Crippen molar-refractivity contribution in [2.75, 3.05) is 31.1 Å². The van der Waals surface area contributed by atoms with E-state index in [0.29, 0.717) is 32.4 Å². The van der Waals surface area contributed by atoms with Crippen molar-refractivity contribution in [2.45, 2.75) is 37.5 Å². The second-order valence-corrected chi connectivity index (χ2v) is 8.62. The van der Waals surface area contributed by atoms with E-state index >= 15 is 4.39 Å². The van der Waals surface area contributed by atoms with Gasteiger partial charge in [-0.15, -0.1) is 0 Å². The fourth-order valence-electron chi connectivity index (χ4n) is 5.05. The zero-order valence-corrected chi connectivity index (χ0v) is 17.4. The van der Waals surface area contributed by atoms with Crippen molar-refractivity contribution in [3.8, 4) is 11.5 Å². The molecule has 0 radical (unpaired) electrons. The molecule has 1 unspecified atom stereocenters. The molecule has 5 rings (SSSR count). The van der Waals surface area contributed by atoms with Crippen LogP contribution in [0.5, 0.6) is 11.5 Å². The Kier molecular flexibility index (Phi) is 5.16. The van der Waals surface area contributed by atoms with Gasteiger partial charge >= 0.3 is 12.8 Å². The highest BCUT2D eigenvalue weighted by atomic mass is 19.3. The molecule has 2 atom stereocenters. The molecule has 3 aliphatic rings. The van der Waals surface area contributed by atoms with E-state index < -0.39 is 41.1 Å². The molecule has 2 aliphatic heterocycles. The zero-order valence-electron chi connectivity index (χ0n) is 17.4. The Labute approximate surface area is 185 Å². The first-order valence-corrected chi connectivity index (χ1v) is 10.6. The molecule has 2 saturated heterocycles. The molecule has 0 amide bonds. The van der Waals surface area contributed by atoms with Crippen molar-refractivity contribution in [1.29, 1.82) is 0 Å². The van der Waals surface area contributed by atoms with Crippen LogP contribution in [0.4, 0.5) is 23.7 Å². The van der Waals surface area contributed by atoms with Crippen LogP contribution in [-0.2, 0) is 4.74 Å². The number of nitrogens with two attached hydrogens (primary N) is 1. The van der Waals surface area contributed by atoms with Gasteiger partial charge in [0, 0.05) is 38.2 Å². The number of benzene rings is 1. The number of ether oxygens (including phenoxy) is 3. The van der Waals surface area contributed by atoms with Gasteiger partial charge in [-0.05, 0) is 25.3 Å². The van der Waals surface area contributed by atoms with E-state index in [1.165, 1.54) is 4.57 Å². The summed E-state index contributed by atoms with van der Waals surface area (Å²) in [5.74, 6) is -1.97. The van der Waals surface area contributed by atoms with Crippen LogP contribution >= 0.6 is 0 Å². The van der Waals surface area contributed by atoms with Gasteiger partial charge in [-0.3, -0.25) is 4.79 Å². The molecule has 3 fully saturated rings. The summed E-state index contributed by atoms with van der Waals surface area (Å²) < 4.78 is 59.2. The Morgan fingerprint density at radius 1 is 1.36 bits per heavy atom. The van der Waals surface area contributed by atoms with Gasteiger partial charge in [0.15, 0.2) is 17.3 Å². The number of rotatable bonds is 6. The number of hydrogen-bond acceptors (Lipinski definition) is 7. The Morgan fingerprint density at radius 2 is 2.12 bits per heavy atom. The topological polar surface area (TPSA) is 116 Å². The maximum Gasteiger partial charge on any atom is 0.511 e. The third-order valence-electron chi connectivity index (χ3n) is 6.67. The number of alkyl halides is 2. The van der Waals surface area contributed by atoms with E-state index in [1.54, 1.807) is 4.90 Å². The maximum atomic E-state index is 15.5. The minimum Gasteiger partial charge on any atom is -0.449 e. The molecule has 1 aromatic carbocycles. The van der Waals surface area contributed by atoms with Gasteiger partial charge in [-0.25, -0.2) is 9.18 Å². The number of anilines is 1. The first-order chi connectivity index (χ1) is 15.7. The van der Waals surface area contributed by atoms with E-state index in [-0.39, 0.29) is 41.6 Å². The lowest BCUT2D eigenvalue weighted by molar-refractivity contribution is -0.0488. The molecule has 2 aromatic rings. The smallest absolute Gasteiger partial charge is 0.449 e. The molecule has 9 nitrogen and oxygen atoms in total. The van der Waals surface area contributed by atoms with E-state index in [1.807, 2.05) is 0 Å². The van der Waals surface area contributed by atoms with E-state index in [9.17, 15) is 18.4 Å². The lowest BCUT2D eigenvalue weighted by atomic mass is 9.91. The highest BCUT2D eigenvalue weighted by molar-refractivity contribution is 5.92. The van der Waals surface area contributed by atoms with Gasteiger partial charge in [0.2, 0.25) is 5.43 Å². The fourth-order valence-corrected chi connectivity index (χ4v) is 5.05. The quantitative estimate of drug-likeness (QED) is 0.621. The largest absolute Gasteiger partial charge is 0.511 e. The van der Waals surface area contributed by atoms with Crippen molar-refractivity contribution in [3.63, 3.8) is 0 Å². The lowest BCUT2D eigenvalue weighted by Crippen LogP contribution is -2.44. The summed E-state index contributed by atoms with van der Waals surface area (Å²) in [6, 6.07) is 0.725. The van der Waals surface area contributed by atoms with E-state index in [4.69, 9.17) is 20.3 Å². The van der Waals surface area contributed by atoms with Gasteiger partial charge in [0.05, 0.1) is 17.1 Å². The number of carbonyl (C=O) groups is 1. The number of pyridine rings is 1. The SMILES string of the molecule is NCC12CN(c3c(F)cc4c(=O)c(OC(=O)O)cn(C5CC5)c4c3OC(F)F)C[C@H]1CCO2. The molecule has 1 aliphatic carbocycles. The van der Waals surface area contributed by atoms with Crippen LogP contribution < -0.4 is 25.5 Å². The summed E-state index contributed by atoms with van der Waals surface area (Å²) in [5, 5.41) is 8.65. The Bertz CT molecular complexity index is 1180. The summed E-state index contributed by atoms with van der Waals surface area (Å²) in [7, 11) is 0. The standard InChI is InChI=1S/C21H22F3N3O6/c22-13-5-12-15(27(11-1-2-11)7-14(17(12)28)32-20(29)30)18(33-19(23)24)16(13)26-6-10-3-4-31-21(10,8-25)9-26/h5,7,10-11,19H,1-4,6,8-9,25H2,(H,29,30)/t10-,21?/m1/s1. The van der Waals surface area contributed by atoms with Gasteiger partial charge in [-0.2, -0.15) is 8.78 Å². The van der Waals surface area contributed by atoms with Crippen LogP contribution in [0.2, 0.25) is 0 Å². The molecular formula is C21H22F3N3O6. The van der Waals surface area contributed by atoms with Gasteiger partial charge in [-0.1, -0.05) is 0 Å². The second kappa shape index (κ2) is 7.80. The third-order valence-corrected chi connectivity index (χ3v) is 6.67. The monoisotopic (exact) mass is 469 g/mol. The molecule has 1 aromatic heterocycles. The molecule has 3 heterocycles. The van der Waals surface area contributed by atoms with Crippen molar-refractivity contribution in [2.24, 2.45) is 11.7 Å². The Hall–Kier alpha value is -2.99. The van der Waals surface area contributed by atoms with Crippen LogP contribution in [0.3, 0.4) is 0 Å². The zero-order chi connectivity index (χ0) is 23.5. The van der Waals surface area contributed by atoms with Crippen molar-refractivity contribution in [3.05, 3.63) is 28.3 Å². The van der Waals surface area contributed by atoms with Crippen molar-refractivity contribution < 1.29 is 37.3 Å². The molecule has 1 saturated carbocycles. The predicted molar refractivity (Wildman–Crippen MR) is 110 cm³/mol. The number of halogens is 3. The molecule has 33 heavy (non-hydrogen) atoms. The summed E-state index contributed by atoms with van der Waals surface area (Å²) in [5.41, 5.74) is 4.07. The summed E-state index contributed by atoms with van der Waals surface area (Å²) in [6.07, 6.45) is 1.48. The molecule has 3 N–H and O–H groups in total. The average molecular weight is 469 g/mol. The third kappa shape index (κ3) is 3.57. The average Bonchev–Trinajstić information content (AvgIpc) is 3.41. The summed E-state index contributed by atoms with van der Waals surface area (Å²) in [4.78, 5) is 25.5. The van der Waals surface area contributed by atoms with Crippen LogP contribution in [0.25, 0.3) is 10.9 Å². The predicted octanol–water partition coefficient (Wildman–Crippen LogP) is 2.69. The number of aromatic nitrogens is 1. The minimum atomic E-state index is -3.28. The van der Waals surface area contributed by atoms with Crippen LogP contribution in [0.1, 0.15) is 25.3 Å². The number of carboxylic acid groups (broad SMARTS) is 1. The second-order valence-electron chi connectivity index (χ2n) is 8.62. The molecule has 0 bridgehead atoms. The van der Waals surface area contributed by atoms with Gasteiger partial charge < -0.3 is 34.5 Å². The maximum absolute atomic E-state index is 15.5. The number of fused-ring (bicyclic) bond motifs is 2. The van der Waals surface area contributed by atoms with Crippen LogP contribution in [0.15, 0.2) is 17.1 Å². The van der Waals surface area contributed by atoms with Gasteiger partial charge in [0.1, 0.15) is 11.3 Å². The fraction of sp³-hybridized carbons (Fsp3) is 0.524. The molecule has 0 spiro atoms. The van der Waals surface area contributed by atoms with Crippen molar-refractivity contribution in [1.82, 2.24) is 4.57 Å². The van der Waals surface area contributed by atoms with Crippen LogP contribution in [0, 0.1) is 11.7 Å². The molecule has 12 heteroatoms. The first kappa shape index (κ1) is 21.8. The Morgan fingerprint density at radius 3 is 2.73 bits per heavy atom. The number of nitrogens with zero attached hydrogens (tertiary/aromatic N) is 2. The Balaban J connectivity index is 1.74. The minimum absolute atomic E-state index is 0.00559. The lowest BCUT2D eigenvalue weighted by Gasteiger charge is -2.28. The molecular weight excluding hydrogens is 447 g/mol. The van der Waals surface area contributed by atoms with Crippen LogP contribution in [-0.4, -0.2) is 54.3 Å².